The molecule has 0 heterocycles. The van der Waals surface area contributed by atoms with Crippen LogP contribution in [0.3, 0.4) is 0 Å². The van der Waals surface area contributed by atoms with Crippen LogP contribution in [0.5, 0.6) is 5.75 Å². The molecule has 2 amide bonds. The summed E-state index contributed by atoms with van der Waals surface area (Å²) < 4.78 is 5.47. The van der Waals surface area contributed by atoms with Crippen LogP contribution in [0.15, 0.2) is 36.4 Å². The molecule has 0 fully saturated rings. The summed E-state index contributed by atoms with van der Waals surface area (Å²) in [5.74, 6) is 1.44. The third kappa shape index (κ3) is 15.7. The van der Waals surface area contributed by atoms with Gasteiger partial charge in [0.05, 0.1) is 5.92 Å². The molecule has 0 bridgehead atoms. The molecule has 10 nitrogen and oxygen atoms in total. The Kier molecular flexibility index (Phi) is 19.9. The standard InChI is InChI=1S/C35H52N2O8/c1-3-5-7-10-13-16-28(39)17-14-11-8-9-12-15-18-30(35(44,23-24-38)34(36)43)32(40)37-31(33(41)42)26-27-19-21-29(22-20-27)45-25-6-4-2/h15,18-22,30-31,38,44H,3,5,7-14,16-17,23-26H2,1-2H3,(H2,36,43)(H,37,40)(H,41,42)/t30-,31+,35+/m1/s1. The number of aliphatic carboxylic acids is 1. The molecule has 1 aromatic carbocycles. The fraction of sp³-hybridized carbons (Fsp3) is 0.600. The second-order valence-electron chi connectivity index (χ2n) is 11.3. The molecule has 0 aromatic heterocycles. The smallest absolute Gasteiger partial charge is 0.326 e. The van der Waals surface area contributed by atoms with E-state index in [0.29, 0.717) is 36.4 Å². The first-order valence-corrected chi connectivity index (χ1v) is 16.0. The van der Waals surface area contributed by atoms with Crippen molar-refractivity contribution in [3.05, 3.63) is 42.0 Å². The van der Waals surface area contributed by atoms with Crippen LogP contribution in [0, 0.1) is 17.8 Å². The molecule has 0 aliphatic rings. The Labute approximate surface area is 267 Å². The average Bonchev–Trinajstić information content (AvgIpc) is 3.00. The zero-order chi connectivity index (χ0) is 33.5. The number of allylic oxidation sites excluding steroid dienone is 1. The van der Waals surface area contributed by atoms with Crippen molar-refractivity contribution in [3.8, 4) is 17.6 Å². The van der Waals surface area contributed by atoms with Crippen LogP contribution in [0.4, 0.5) is 0 Å². The molecule has 0 aliphatic heterocycles. The van der Waals surface area contributed by atoms with Gasteiger partial charge in [-0.2, -0.15) is 0 Å². The first kappa shape index (κ1) is 39.3. The summed E-state index contributed by atoms with van der Waals surface area (Å²) in [5, 5.41) is 32.8. The molecule has 0 aliphatic carbocycles. The van der Waals surface area contributed by atoms with Crippen molar-refractivity contribution >= 4 is 23.6 Å². The van der Waals surface area contributed by atoms with Gasteiger partial charge in [-0.25, -0.2) is 4.79 Å². The van der Waals surface area contributed by atoms with Crippen LogP contribution in [-0.2, 0) is 25.6 Å². The van der Waals surface area contributed by atoms with Crippen molar-refractivity contribution in [1.82, 2.24) is 5.32 Å². The highest BCUT2D eigenvalue weighted by Crippen LogP contribution is 2.25. The lowest BCUT2D eigenvalue weighted by Crippen LogP contribution is -2.57. The number of rotatable bonds is 25. The van der Waals surface area contributed by atoms with Crippen LogP contribution in [0.1, 0.15) is 103 Å². The third-order valence-electron chi connectivity index (χ3n) is 7.65. The maximum absolute atomic E-state index is 13.3. The van der Waals surface area contributed by atoms with E-state index in [1.807, 2.05) is 0 Å². The lowest BCUT2D eigenvalue weighted by Gasteiger charge is -2.31. The van der Waals surface area contributed by atoms with Gasteiger partial charge < -0.3 is 31.1 Å². The van der Waals surface area contributed by atoms with Gasteiger partial charge in [-0.05, 0) is 50.3 Å². The van der Waals surface area contributed by atoms with E-state index in [1.54, 1.807) is 37.3 Å². The highest BCUT2D eigenvalue weighted by Gasteiger charge is 2.45. The molecule has 45 heavy (non-hydrogen) atoms. The van der Waals surface area contributed by atoms with E-state index in [2.05, 4.69) is 24.1 Å². The van der Waals surface area contributed by atoms with Crippen molar-refractivity contribution < 1.29 is 39.2 Å². The normalized spacial score (nSPS) is 13.7. The second kappa shape index (κ2) is 22.8. The molecule has 3 atom stereocenters. The Bertz CT molecular complexity index is 1140. The summed E-state index contributed by atoms with van der Waals surface area (Å²) in [7, 11) is 0. The van der Waals surface area contributed by atoms with Gasteiger partial charge in [0.1, 0.15) is 24.2 Å². The van der Waals surface area contributed by atoms with Crippen molar-refractivity contribution in [3.63, 3.8) is 0 Å². The SMILES string of the molecule is CC#CCOc1ccc(C[C@H](NC(=O)[C@@H](C=CCCCCCCC(=O)CCCCCCC)[C@@](O)(CCO)C(N)=O)C(=O)O)cc1. The van der Waals surface area contributed by atoms with Gasteiger partial charge in [0.15, 0.2) is 5.60 Å². The number of carbonyl (C=O) groups is 4. The molecule has 0 spiro atoms. The van der Waals surface area contributed by atoms with E-state index < -0.39 is 48.4 Å². The van der Waals surface area contributed by atoms with Gasteiger partial charge in [-0.1, -0.05) is 75.7 Å². The Morgan fingerprint density at radius 2 is 1.62 bits per heavy atom. The molecule has 0 saturated heterocycles. The van der Waals surface area contributed by atoms with E-state index in [9.17, 15) is 34.5 Å². The molecule has 1 rings (SSSR count). The fourth-order valence-electron chi connectivity index (χ4n) is 4.90. The highest BCUT2D eigenvalue weighted by molar-refractivity contribution is 5.94. The predicted octanol–water partition coefficient (Wildman–Crippen LogP) is 4.24. The van der Waals surface area contributed by atoms with Crippen LogP contribution >= 0.6 is 0 Å². The summed E-state index contributed by atoms with van der Waals surface area (Å²) >= 11 is 0. The maximum Gasteiger partial charge on any atom is 0.326 e. The number of nitrogens with two attached hydrogens (primary N) is 1. The molecular formula is C35H52N2O8. The summed E-state index contributed by atoms with van der Waals surface area (Å²) in [6.07, 6.45) is 13.1. The number of carbonyl (C=O) groups excluding carboxylic acids is 3. The van der Waals surface area contributed by atoms with E-state index in [0.717, 1.165) is 38.5 Å². The number of Topliss-reactive ketones (excluding diaryl/α,β-unsaturated/α-hetero) is 1. The van der Waals surface area contributed by atoms with E-state index in [4.69, 9.17) is 10.5 Å². The molecule has 6 N–H and O–H groups in total. The number of carboxylic acids is 1. The van der Waals surface area contributed by atoms with Gasteiger partial charge in [0.2, 0.25) is 5.91 Å². The number of aliphatic hydroxyl groups excluding tert-OH is 1. The van der Waals surface area contributed by atoms with Crippen molar-refractivity contribution in [2.75, 3.05) is 13.2 Å². The number of primary amides is 1. The van der Waals surface area contributed by atoms with E-state index in [-0.39, 0.29) is 13.0 Å². The molecule has 250 valence electrons. The Morgan fingerprint density at radius 3 is 2.18 bits per heavy atom. The fourth-order valence-corrected chi connectivity index (χ4v) is 4.90. The zero-order valence-corrected chi connectivity index (χ0v) is 26.9. The number of benzene rings is 1. The topological polar surface area (TPSA) is 176 Å². The summed E-state index contributed by atoms with van der Waals surface area (Å²) in [6.45, 7) is 3.47. The molecule has 0 saturated carbocycles. The van der Waals surface area contributed by atoms with Gasteiger partial charge in [0, 0.05) is 32.3 Å². The largest absolute Gasteiger partial charge is 0.481 e. The Balaban J connectivity index is 2.76. The lowest BCUT2D eigenvalue weighted by atomic mass is 9.82. The van der Waals surface area contributed by atoms with Crippen molar-refractivity contribution in [2.24, 2.45) is 11.7 Å². The second-order valence-corrected chi connectivity index (χ2v) is 11.3. The van der Waals surface area contributed by atoms with Gasteiger partial charge >= 0.3 is 5.97 Å². The predicted molar refractivity (Wildman–Crippen MR) is 173 cm³/mol. The molecule has 10 heteroatoms. The average molecular weight is 629 g/mol. The number of hydrogen-bond acceptors (Lipinski definition) is 7. The van der Waals surface area contributed by atoms with Crippen molar-refractivity contribution in [2.45, 2.75) is 115 Å². The maximum atomic E-state index is 13.3. The van der Waals surface area contributed by atoms with E-state index >= 15 is 0 Å². The van der Waals surface area contributed by atoms with Crippen LogP contribution in [0.2, 0.25) is 0 Å². The number of hydrogen-bond donors (Lipinski definition) is 5. The first-order valence-electron chi connectivity index (χ1n) is 16.0. The van der Waals surface area contributed by atoms with Crippen LogP contribution in [-0.4, -0.2) is 63.7 Å². The molecule has 0 radical (unpaired) electrons. The van der Waals surface area contributed by atoms with Gasteiger partial charge in [-0.15, -0.1) is 5.92 Å². The third-order valence-corrected chi connectivity index (χ3v) is 7.65. The quantitative estimate of drug-likeness (QED) is 0.0607. The molecular weight excluding hydrogens is 576 g/mol. The number of aliphatic hydroxyl groups is 2. The monoisotopic (exact) mass is 628 g/mol. The first-order chi connectivity index (χ1) is 21.6. The highest BCUT2D eigenvalue weighted by atomic mass is 16.5. The minimum absolute atomic E-state index is 0.0666. The number of amides is 2. The number of ketones is 1. The van der Waals surface area contributed by atoms with E-state index in [1.165, 1.54) is 25.3 Å². The van der Waals surface area contributed by atoms with Crippen LogP contribution in [0.25, 0.3) is 0 Å². The van der Waals surface area contributed by atoms with Gasteiger partial charge in [-0.3, -0.25) is 14.4 Å². The van der Waals surface area contributed by atoms with Crippen molar-refractivity contribution in [1.29, 1.82) is 0 Å². The summed E-state index contributed by atoms with van der Waals surface area (Å²) in [6, 6.07) is 5.31. The molecule has 1 aromatic rings. The van der Waals surface area contributed by atoms with Crippen LogP contribution < -0.4 is 15.8 Å². The Morgan fingerprint density at radius 1 is 1.00 bits per heavy atom. The zero-order valence-electron chi connectivity index (χ0n) is 26.9. The number of ether oxygens (including phenoxy) is 1. The summed E-state index contributed by atoms with van der Waals surface area (Å²) in [5.41, 5.74) is 3.64. The van der Waals surface area contributed by atoms with Gasteiger partial charge in [0.25, 0.3) is 5.91 Å². The summed E-state index contributed by atoms with van der Waals surface area (Å²) in [4.78, 5) is 49.7. The number of carboxylic acid groups (broad SMARTS) is 1. The molecule has 0 unspecified atom stereocenters. The minimum atomic E-state index is -2.42. The number of nitrogens with one attached hydrogen (secondary N) is 1. The lowest BCUT2D eigenvalue weighted by molar-refractivity contribution is -0.151. The minimum Gasteiger partial charge on any atom is -0.481 e. The number of unbranched alkanes of at least 4 members (excludes halogenated alkanes) is 8. The Hall–Kier alpha value is -3.68.